The van der Waals surface area contributed by atoms with E-state index in [1.165, 1.54) is 0 Å². The highest BCUT2D eigenvalue weighted by Gasteiger charge is 2.41. The van der Waals surface area contributed by atoms with E-state index < -0.39 is 18.1 Å². The molecule has 2 N–H and O–H groups in total. The molecule has 92 valence electrons. The highest BCUT2D eigenvalue weighted by molar-refractivity contribution is 5.78. The molecule has 16 heavy (non-hydrogen) atoms. The Morgan fingerprint density at radius 1 is 1.31 bits per heavy atom. The lowest BCUT2D eigenvalue weighted by molar-refractivity contribution is -0.120. The molecule has 1 rings (SSSR count). The van der Waals surface area contributed by atoms with Crippen LogP contribution >= 0.6 is 0 Å². The third kappa shape index (κ3) is 3.12. The number of hydrogen-bond donors (Lipinski definition) is 2. The molecule has 1 fully saturated rings. The second-order valence-electron chi connectivity index (χ2n) is 4.58. The Balaban J connectivity index is 2.45. The van der Waals surface area contributed by atoms with Crippen LogP contribution in [0, 0.1) is 11.8 Å². The predicted molar refractivity (Wildman–Crippen MR) is 58.8 cm³/mol. The summed E-state index contributed by atoms with van der Waals surface area (Å²) in [7, 11) is 0. The van der Waals surface area contributed by atoms with Crippen molar-refractivity contribution in [3.8, 4) is 0 Å². The first kappa shape index (κ1) is 13.3. The number of carbonyl (C=O) groups excluding carboxylic acids is 2. The topological polar surface area (TPSA) is 74.6 Å². The molecule has 4 nitrogen and oxygen atoms in total. The number of aldehydes is 1. The molecule has 0 amide bonds. The molecular weight excluding hydrogens is 208 g/mol. The van der Waals surface area contributed by atoms with Crippen LogP contribution < -0.4 is 0 Å². The van der Waals surface area contributed by atoms with Crippen LogP contribution in [0.5, 0.6) is 0 Å². The van der Waals surface area contributed by atoms with Crippen molar-refractivity contribution in [2.45, 2.75) is 51.2 Å². The molecule has 0 aromatic heterocycles. The molecule has 4 heteroatoms. The van der Waals surface area contributed by atoms with Gasteiger partial charge >= 0.3 is 0 Å². The Hall–Kier alpha value is -0.740. The summed E-state index contributed by atoms with van der Waals surface area (Å²) >= 11 is 0. The van der Waals surface area contributed by atoms with Crippen molar-refractivity contribution in [2.75, 3.05) is 0 Å². The quantitative estimate of drug-likeness (QED) is 0.656. The van der Waals surface area contributed by atoms with E-state index in [1.807, 2.05) is 6.92 Å². The summed E-state index contributed by atoms with van der Waals surface area (Å²) in [6, 6.07) is 0. The first-order valence-electron chi connectivity index (χ1n) is 5.93. The van der Waals surface area contributed by atoms with Gasteiger partial charge < -0.3 is 15.0 Å². The standard InChI is InChI=1S/C12H20O4/c1-2-3-8(14)4-5-9-10(7-13)12(16)6-11(9)15/h7,9-12,15-16H,2-6H2,1H3/t9-,10+,11-,12+/m0/s1. The zero-order valence-corrected chi connectivity index (χ0v) is 9.63. The van der Waals surface area contributed by atoms with Gasteiger partial charge in [0.2, 0.25) is 0 Å². The second kappa shape index (κ2) is 6.11. The summed E-state index contributed by atoms with van der Waals surface area (Å²) in [4.78, 5) is 22.1. The van der Waals surface area contributed by atoms with Crippen LogP contribution in [0.25, 0.3) is 0 Å². The van der Waals surface area contributed by atoms with Gasteiger partial charge in [-0.25, -0.2) is 0 Å². The smallest absolute Gasteiger partial charge is 0.132 e. The van der Waals surface area contributed by atoms with Gasteiger partial charge in [0, 0.05) is 25.2 Å². The van der Waals surface area contributed by atoms with Crippen molar-refractivity contribution in [3.63, 3.8) is 0 Å². The van der Waals surface area contributed by atoms with Gasteiger partial charge in [0.15, 0.2) is 0 Å². The van der Waals surface area contributed by atoms with E-state index in [1.54, 1.807) is 0 Å². The molecule has 0 unspecified atom stereocenters. The number of rotatable bonds is 6. The third-order valence-electron chi connectivity index (χ3n) is 3.36. The molecular formula is C12H20O4. The minimum Gasteiger partial charge on any atom is -0.393 e. The zero-order chi connectivity index (χ0) is 12.1. The minimum absolute atomic E-state index is 0.167. The lowest BCUT2D eigenvalue weighted by Crippen LogP contribution is -2.24. The maximum Gasteiger partial charge on any atom is 0.132 e. The Bertz CT molecular complexity index is 251. The predicted octanol–water partition coefficient (Wildman–Crippen LogP) is 0.693. The normalized spacial score (nSPS) is 33.9. The molecule has 0 bridgehead atoms. The van der Waals surface area contributed by atoms with Crippen LogP contribution in [0.1, 0.15) is 39.0 Å². The molecule has 4 atom stereocenters. The number of ketones is 1. The SMILES string of the molecule is CCCC(=O)CC[C@H]1[C@@H](C=O)[C@H](O)C[C@@H]1O. The van der Waals surface area contributed by atoms with E-state index >= 15 is 0 Å². The van der Waals surface area contributed by atoms with E-state index in [4.69, 9.17) is 0 Å². The van der Waals surface area contributed by atoms with Crippen LogP contribution in [0.3, 0.4) is 0 Å². The van der Waals surface area contributed by atoms with E-state index in [2.05, 4.69) is 0 Å². The second-order valence-corrected chi connectivity index (χ2v) is 4.58. The molecule has 1 saturated carbocycles. The van der Waals surface area contributed by atoms with Crippen molar-refractivity contribution in [1.82, 2.24) is 0 Å². The van der Waals surface area contributed by atoms with Gasteiger partial charge in [-0.2, -0.15) is 0 Å². The van der Waals surface area contributed by atoms with E-state index in [0.29, 0.717) is 25.5 Å². The fourth-order valence-corrected chi connectivity index (χ4v) is 2.43. The third-order valence-corrected chi connectivity index (χ3v) is 3.36. The van der Waals surface area contributed by atoms with Crippen LogP contribution in [-0.4, -0.2) is 34.5 Å². The fraction of sp³-hybridized carbons (Fsp3) is 0.833. The van der Waals surface area contributed by atoms with Gasteiger partial charge in [0.1, 0.15) is 12.1 Å². The van der Waals surface area contributed by atoms with E-state index in [-0.39, 0.29) is 18.1 Å². The van der Waals surface area contributed by atoms with Gasteiger partial charge in [-0.3, -0.25) is 4.79 Å². The van der Waals surface area contributed by atoms with Crippen molar-refractivity contribution >= 4 is 12.1 Å². The zero-order valence-electron chi connectivity index (χ0n) is 9.63. The highest BCUT2D eigenvalue weighted by Crippen LogP contribution is 2.34. The molecule has 0 aliphatic heterocycles. The van der Waals surface area contributed by atoms with Crippen LogP contribution in [-0.2, 0) is 9.59 Å². The molecule has 1 aliphatic carbocycles. The van der Waals surface area contributed by atoms with Crippen LogP contribution in [0.15, 0.2) is 0 Å². The van der Waals surface area contributed by atoms with Gasteiger partial charge in [-0.15, -0.1) is 0 Å². The van der Waals surface area contributed by atoms with Gasteiger partial charge in [0.05, 0.1) is 12.2 Å². The Morgan fingerprint density at radius 3 is 2.56 bits per heavy atom. The number of Topliss-reactive ketones (excluding diaryl/α,β-unsaturated/α-hetero) is 1. The van der Waals surface area contributed by atoms with Gasteiger partial charge in [-0.1, -0.05) is 6.92 Å². The number of aliphatic hydroxyl groups is 2. The van der Waals surface area contributed by atoms with Crippen LogP contribution in [0.2, 0.25) is 0 Å². The maximum absolute atomic E-state index is 11.4. The van der Waals surface area contributed by atoms with Crippen molar-refractivity contribution in [3.05, 3.63) is 0 Å². The summed E-state index contributed by atoms with van der Waals surface area (Å²) in [5, 5.41) is 19.2. The van der Waals surface area contributed by atoms with Gasteiger partial charge in [0.25, 0.3) is 0 Å². The number of aliphatic hydroxyl groups excluding tert-OH is 2. The largest absolute Gasteiger partial charge is 0.393 e. The fourth-order valence-electron chi connectivity index (χ4n) is 2.43. The van der Waals surface area contributed by atoms with Crippen molar-refractivity contribution in [2.24, 2.45) is 11.8 Å². The van der Waals surface area contributed by atoms with E-state index in [0.717, 1.165) is 6.42 Å². The lowest BCUT2D eigenvalue weighted by Gasteiger charge is -2.17. The molecule has 0 aromatic rings. The first-order valence-corrected chi connectivity index (χ1v) is 5.93. The average molecular weight is 228 g/mol. The molecule has 0 radical (unpaired) electrons. The molecule has 0 spiro atoms. The summed E-state index contributed by atoms with van der Waals surface area (Å²) in [6.45, 7) is 1.94. The summed E-state index contributed by atoms with van der Waals surface area (Å²) < 4.78 is 0. The van der Waals surface area contributed by atoms with Crippen molar-refractivity contribution < 1.29 is 19.8 Å². The highest BCUT2D eigenvalue weighted by atomic mass is 16.3. The van der Waals surface area contributed by atoms with Crippen molar-refractivity contribution in [1.29, 1.82) is 0 Å². The Labute approximate surface area is 95.7 Å². The Morgan fingerprint density at radius 2 is 2.00 bits per heavy atom. The Kier molecular flexibility index (Phi) is 5.09. The number of hydrogen-bond acceptors (Lipinski definition) is 4. The first-order chi connectivity index (χ1) is 7.60. The number of carbonyl (C=O) groups is 2. The van der Waals surface area contributed by atoms with Crippen LogP contribution in [0.4, 0.5) is 0 Å². The minimum atomic E-state index is -0.751. The average Bonchev–Trinajstić information content (AvgIpc) is 2.50. The molecule has 0 saturated heterocycles. The molecule has 1 aliphatic rings. The van der Waals surface area contributed by atoms with E-state index in [9.17, 15) is 19.8 Å². The monoisotopic (exact) mass is 228 g/mol. The summed E-state index contributed by atoms with van der Waals surface area (Å²) in [5.41, 5.74) is 0. The summed E-state index contributed by atoms with van der Waals surface area (Å²) in [6.07, 6.45) is 1.82. The molecule has 0 aromatic carbocycles. The van der Waals surface area contributed by atoms with Gasteiger partial charge in [-0.05, 0) is 18.8 Å². The molecule has 0 heterocycles. The maximum atomic E-state index is 11.4. The summed E-state index contributed by atoms with van der Waals surface area (Å²) in [5.74, 6) is -0.599. The lowest BCUT2D eigenvalue weighted by atomic mass is 9.89.